The van der Waals surface area contributed by atoms with E-state index in [1.54, 1.807) is 13.0 Å². The average Bonchev–Trinajstić information content (AvgIpc) is 2.43. The maximum Gasteiger partial charge on any atom is 0.335 e. The molecular formula is C15H12FNO4. The highest BCUT2D eigenvalue weighted by Gasteiger charge is 2.15. The molecule has 21 heavy (non-hydrogen) atoms. The van der Waals surface area contributed by atoms with E-state index in [-0.39, 0.29) is 22.6 Å². The topological polar surface area (TPSA) is 86.6 Å². The predicted octanol–water partition coefficient (Wildman–Crippen LogP) is 2.79. The van der Waals surface area contributed by atoms with E-state index in [1.807, 2.05) is 0 Å². The summed E-state index contributed by atoms with van der Waals surface area (Å²) in [5.41, 5.74) is 0.395. The Bertz CT molecular complexity index is 728. The Balaban J connectivity index is 2.27. The van der Waals surface area contributed by atoms with Gasteiger partial charge in [-0.25, -0.2) is 9.18 Å². The molecular weight excluding hydrogens is 277 g/mol. The molecule has 0 bridgehead atoms. The lowest BCUT2D eigenvalue weighted by Gasteiger charge is -2.09. The van der Waals surface area contributed by atoms with Gasteiger partial charge in [-0.2, -0.15) is 0 Å². The zero-order chi connectivity index (χ0) is 15.6. The first-order valence-electron chi connectivity index (χ1n) is 6.02. The van der Waals surface area contributed by atoms with Crippen molar-refractivity contribution >= 4 is 17.6 Å². The number of amides is 1. The smallest absolute Gasteiger partial charge is 0.335 e. The molecule has 0 saturated carbocycles. The van der Waals surface area contributed by atoms with Crippen LogP contribution in [0.5, 0.6) is 5.75 Å². The minimum Gasteiger partial charge on any atom is -0.507 e. The lowest BCUT2D eigenvalue weighted by Crippen LogP contribution is -2.14. The van der Waals surface area contributed by atoms with E-state index in [1.165, 1.54) is 18.2 Å². The third-order valence-corrected chi connectivity index (χ3v) is 2.86. The van der Waals surface area contributed by atoms with Gasteiger partial charge in [0.1, 0.15) is 11.6 Å². The number of hydrogen-bond donors (Lipinski definition) is 3. The van der Waals surface area contributed by atoms with Crippen LogP contribution >= 0.6 is 0 Å². The van der Waals surface area contributed by atoms with Crippen molar-refractivity contribution in [3.8, 4) is 5.75 Å². The predicted molar refractivity (Wildman–Crippen MR) is 74.2 cm³/mol. The molecule has 2 aromatic rings. The van der Waals surface area contributed by atoms with Crippen LogP contribution in [-0.2, 0) is 0 Å². The number of carboxylic acid groups (broad SMARTS) is 1. The number of hydrogen-bond acceptors (Lipinski definition) is 3. The van der Waals surface area contributed by atoms with E-state index >= 15 is 0 Å². The first-order chi connectivity index (χ1) is 9.88. The summed E-state index contributed by atoms with van der Waals surface area (Å²) in [6.07, 6.45) is 0. The van der Waals surface area contributed by atoms with E-state index in [9.17, 15) is 19.1 Å². The molecule has 0 radical (unpaired) electrons. The molecule has 0 spiro atoms. The summed E-state index contributed by atoms with van der Waals surface area (Å²) in [4.78, 5) is 22.7. The van der Waals surface area contributed by atoms with Crippen LogP contribution in [0, 0.1) is 12.7 Å². The summed E-state index contributed by atoms with van der Waals surface area (Å²) in [5.74, 6) is -3.03. The van der Waals surface area contributed by atoms with Crippen molar-refractivity contribution in [3.05, 3.63) is 58.9 Å². The third-order valence-electron chi connectivity index (χ3n) is 2.86. The van der Waals surface area contributed by atoms with Crippen LogP contribution in [0.4, 0.5) is 10.1 Å². The normalized spacial score (nSPS) is 10.2. The molecule has 6 heteroatoms. The highest BCUT2D eigenvalue weighted by molar-refractivity contribution is 6.06. The molecule has 1 amide bonds. The minimum atomic E-state index is -1.26. The van der Waals surface area contributed by atoms with Crippen LogP contribution in [0.3, 0.4) is 0 Å². The molecule has 0 heterocycles. The lowest BCUT2D eigenvalue weighted by atomic mass is 10.1. The van der Waals surface area contributed by atoms with Gasteiger partial charge in [-0.3, -0.25) is 4.79 Å². The number of phenolic OH excluding ortho intramolecular Hbond substituents is 1. The second-order valence-electron chi connectivity index (χ2n) is 4.47. The number of carbonyl (C=O) groups is 2. The Hall–Kier alpha value is -2.89. The summed E-state index contributed by atoms with van der Waals surface area (Å²) in [5, 5.41) is 20.7. The molecule has 108 valence electrons. The highest BCUT2D eigenvalue weighted by Crippen LogP contribution is 2.21. The average molecular weight is 289 g/mol. The number of nitrogens with one attached hydrogen (secondary N) is 1. The number of carbonyl (C=O) groups excluding carboxylic acids is 1. The first kappa shape index (κ1) is 14.5. The Morgan fingerprint density at radius 1 is 1.14 bits per heavy atom. The monoisotopic (exact) mass is 289 g/mol. The van der Waals surface area contributed by atoms with Gasteiger partial charge in [-0.15, -0.1) is 0 Å². The van der Waals surface area contributed by atoms with E-state index in [0.29, 0.717) is 0 Å². The molecule has 5 nitrogen and oxygen atoms in total. The number of halogens is 1. The van der Waals surface area contributed by atoms with Crippen LogP contribution in [-0.4, -0.2) is 22.1 Å². The Kier molecular flexibility index (Phi) is 3.89. The molecule has 2 aromatic carbocycles. The van der Waals surface area contributed by atoms with Crippen molar-refractivity contribution in [2.75, 3.05) is 5.32 Å². The van der Waals surface area contributed by atoms with Crippen molar-refractivity contribution in [1.82, 2.24) is 0 Å². The number of carboxylic acids is 1. The SMILES string of the molecule is Cc1ccc(O)c(C(=O)Nc2ccc(C(=O)O)cc2F)c1. The van der Waals surface area contributed by atoms with Crippen LogP contribution < -0.4 is 5.32 Å². The van der Waals surface area contributed by atoms with Crippen molar-refractivity contribution in [3.63, 3.8) is 0 Å². The molecule has 0 atom stereocenters. The van der Waals surface area contributed by atoms with Gasteiger partial charge in [0.15, 0.2) is 0 Å². The van der Waals surface area contributed by atoms with Crippen LogP contribution in [0.2, 0.25) is 0 Å². The Morgan fingerprint density at radius 2 is 1.86 bits per heavy atom. The van der Waals surface area contributed by atoms with Gasteiger partial charge in [0.2, 0.25) is 0 Å². The van der Waals surface area contributed by atoms with Crippen LogP contribution in [0.25, 0.3) is 0 Å². The van der Waals surface area contributed by atoms with Gasteiger partial charge in [0.05, 0.1) is 16.8 Å². The van der Waals surface area contributed by atoms with Gasteiger partial charge >= 0.3 is 5.97 Å². The van der Waals surface area contributed by atoms with Crippen molar-refractivity contribution in [2.45, 2.75) is 6.92 Å². The molecule has 0 aliphatic rings. The second-order valence-corrected chi connectivity index (χ2v) is 4.47. The van der Waals surface area contributed by atoms with Crippen LogP contribution in [0.1, 0.15) is 26.3 Å². The number of phenols is 1. The molecule has 0 saturated heterocycles. The van der Waals surface area contributed by atoms with Gasteiger partial charge in [0.25, 0.3) is 5.91 Å². The van der Waals surface area contributed by atoms with Gasteiger partial charge in [0, 0.05) is 0 Å². The summed E-state index contributed by atoms with van der Waals surface area (Å²) in [7, 11) is 0. The first-order valence-corrected chi connectivity index (χ1v) is 6.02. The zero-order valence-electron chi connectivity index (χ0n) is 11.1. The number of rotatable bonds is 3. The Morgan fingerprint density at radius 3 is 2.48 bits per heavy atom. The second kappa shape index (κ2) is 5.62. The number of aryl methyl sites for hydroxylation is 1. The quantitative estimate of drug-likeness (QED) is 0.811. The van der Waals surface area contributed by atoms with Crippen molar-refractivity contribution in [2.24, 2.45) is 0 Å². The van der Waals surface area contributed by atoms with Crippen LogP contribution in [0.15, 0.2) is 36.4 Å². The van der Waals surface area contributed by atoms with E-state index in [4.69, 9.17) is 5.11 Å². The highest BCUT2D eigenvalue weighted by atomic mass is 19.1. The van der Waals surface area contributed by atoms with E-state index < -0.39 is 17.7 Å². The number of anilines is 1. The number of aromatic carboxylic acids is 1. The third kappa shape index (κ3) is 3.17. The zero-order valence-corrected chi connectivity index (χ0v) is 11.1. The standard InChI is InChI=1S/C15H12FNO4/c1-8-2-5-13(18)10(6-8)14(19)17-12-4-3-9(15(20)21)7-11(12)16/h2-7,18H,1H3,(H,17,19)(H,20,21). The van der Waals surface area contributed by atoms with Gasteiger partial charge in [-0.1, -0.05) is 11.6 Å². The molecule has 0 aromatic heterocycles. The summed E-state index contributed by atoms with van der Waals surface area (Å²) in [6, 6.07) is 7.62. The lowest BCUT2D eigenvalue weighted by molar-refractivity contribution is 0.0696. The van der Waals surface area contributed by atoms with Gasteiger partial charge < -0.3 is 15.5 Å². The van der Waals surface area contributed by atoms with Gasteiger partial charge in [-0.05, 0) is 37.3 Å². The number of benzene rings is 2. The summed E-state index contributed by atoms with van der Waals surface area (Å²) in [6.45, 7) is 1.75. The molecule has 0 unspecified atom stereocenters. The maximum absolute atomic E-state index is 13.7. The summed E-state index contributed by atoms with van der Waals surface area (Å²) >= 11 is 0. The molecule has 2 rings (SSSR count). The maximum atomic E-state index is 13.7. The largest absolute Gasteiger partial charge is 0.507 e. The fourth-order valence-corrected chi connectivity index (χ4v) is 1.77. The molecule has 0 fully saturated rings. The molecule has 0 aliphatic carbocycles. The summed E-state index contributed by atoms with van der Waals surface area (Å²) < 4.78 is 13.7. The van der Waals surface area contributed by atoms with Crippen molar-refractivity contribution < 1.29 is 24.2 Å². The fourth-order valence-electron chi connectivity index (χ4n) is 1.77. The van der Waals surface area contributed by atoms with Crippen molar-refractivity contribution in [1.29, 1.82) is 0 Å². The number of aromatic hydroxyl groups is 1. The van der Waals surface area contributed by atoms with E-state index in [2.05, 4.69) is 5.32 Å². The Labute approximate surface area is 119 Å². The molecule has 0 aliphatic heterocycles. The minimum absolute atomic E-state index is 0.0108. The fraction of sp³-hybridized carbons (Fsp3) is 0.0667. The molecule has 3 N–H and O–H groups in total. The van der Waals surface area contributed by atoms with E-state index in [0.717, 1.165) is 17.7 Å².